The zero-order valence-electron chi connectivity index (χ0n) is 9.17. The molecule has 0 aliphatic carbocycles. The van der Waals surface area contributed by atoms with Crippen molar-refractivity contribution >= 4 is 11.6 Å². The fourth-order valence-corrected chi connectivity index (χ4v) is 2.08. The summed E-state index contributed by atoms with van der Waals surface area (Å²) in [4.78, 5) is 0. The zero-order chi connectivity index (χ0) is 11.4. The smallest absolute Gasteiger partial charge is 0.128 e. The second-order valence-electron chi connectivity index (χ2n) is 3.85. The molecule has 2 rings (SSSR count). The topological polar surface area (TPSA) is 44.5 Å². The van der Waals surface area contributed by atoms with Crippen LogP contribution in [0.3, 0.4) is 0 Å². The molecule has 0 atom stereocenters. The summed E-state index contributed by atoms with van der Waals surface area (Å²) in [5, 5.41) is 0.752. The molecule has 0 aromatic heterocycles. The maximum atomic E-state index is 6.04. The minimum absolute atomic E-state index is 0.545. The zero-order valence-corrected chi connectivity index (χ0v) is 9.93. The Hall–Kier alpha value is -0.770. The molecule has 0 spiro atoms. The molecule has 0 saturated carbocycles. The highest BCUT2D eigenvalue weighted by Gasteiger charge is 2.17. The first-order chi connectivity index (χ1) is 7.81. The van der Waals surface area contributed by atoms with Crippen molar-refractivity contribution in [1.82, 2.24) is 0 Å². The van der Waals surface area contributed by atoms with Crippen LogP contribution in [0.25, 0.3) is 0 Å². The Morgan fingerprint density at radius 1 is 1.44 bits per heavy atom. The van der Waals surface area contributed by atoms with E-state index < -0.39 is 0 Å². The van der Waals surface area contributed by atoms with Crippen molar-refractivity contribution in [2.24, 2.45) is 5.73 Å². The van der Waals surface area contributed by atoms with Gasteiger partial charge in [0.25, 0.3) is 0 Å². The van der Waals surface area contributed by atoms with Crippen molar-refractivity contribution in [3.63, 3.8) is 0 Å². The third-order valence-corrected chi connectivity index (χ3v) is 2.79. The highest BCUT2D eigenvalue weighted by Crippen LogP contribution is 2.33. The van der Waals surface area contributed by atoms with Gasteiger partial charge in [-0.25, -0.2) is 0 Å². The van der Waals surface area contributed by atoms with Gasteiger partial charge in [-0.2, -0.15) is 0 Å². The van der Waals surface area contributed by atoms with Crippen molar-refractivity contribution in [1.29, 1.82) is 0 Å². The number of ether oxygens (including phenoxy) is 2. The van der Waals surface area contributed by atoms with Gasteiger partial charge in [0.1, 0.15) is 5.75 Å². The summed E-state index contributed by atoms with van der Waals surface area (Å²) in [6.07, 6.45) is 1.81. The van der Waals surface area contributed by atoms with Gasteiger partial charge >= 0.3 is 0 Å². The van der Waals surface area contributed by atoms with Gasteiger partial charge in [-0.15, -0.1) is 0 Å². The van der Waals surface area contributed by atoms with Crippen LogP contribution in [0.2, 0.25) is 5.02 Å². The van der Waals surface area contributed by atoms with E-state index in [4.69, 9.17) is 26.8 Å². The molecule has 0 radical (unpaired) electrons. The molecule has 0 unspecified atom stereocenters. The summed E-state index contributed by atoms with van der Waals surface area (Å²) >= 11 is 6.04. The number of hydrogen-bond acceptors (Lipinski definition) is 3. The summed E-state index contributed by atoms with van der Waals surface area (Å²) in [5.74, 6) is 0.956. The van der Waals surface area contributed by atoms with E-state index >= 15 is 0 Å². The standard InChI is InChI=1S/C12H16ClNO2/c13-11-6-9-2-5-16-12(9)10(7-11)8-15-4-1-3-14/h6-7H,1-5,8,14H2. The van der Waals surface area contributed by atoms with Crippen molar-refractivity contribution in [2.45, 2.75) is 19.4 Å². The van der Waals surface area contributed by atoms with Crippen LogP contribution < -0.4 is 10.5 Å². The summed E-state index contributed by atoms with van der Waals surface area (Å²) in [5.41, 5.74) is 7.62. The lowest BCUT2D eigenvalue weighted by Gasteiger charge is -2.09. The number of fused-ring (bicyclic) bond motifs is 1. The van der Waals surface area contributed by atoms with Crippen molar-refractivity contribution in [2.75, 3.05) is 19.8 Å². The van der Waals surface area contributed by atoms with E-state index in [1.165, 1.54) is 5.56 Å². The van der Waals surface area contributed by atoms with E-state index in [2.05, 4.69) is 0 Å². The first-order valence-electron chi connectivity index (χ1n) is 5.53. The average Bonchev–Trinajstić information content (AvgIpc) is 2.72. The first kappa shape index (κ1) is 11.7. The number of hydrogen-bond donors (Lipinski definition) is 1. The van der Waals surface area contributed by atoms with Gasteiger partial charge in [0.15, 0.2) is 0 Å². The predicted octanol–water partition coefficient (Wildman–Crippen LogP) is 2.14. The number of nitrogens with two attached hydrogens (primary N) is 1. The molecule has 0 saturated heterocycles. The van der Waals surface area contributed by atoms with Crippen LogP contribution in [0.15, 0.2) is 12.1 Å². The van der Waals surface area contributed by atoms with E-state index in [1.807, 2.05) is 12.1 Å². The summed E-state index contributed by atoms with van der Waals surface area (Å²) in [6.45, 7) is 2.62. The van der Waals surface area contributed by atoms with Crippen LogP contribution in [0.5, 0.6) is 5.75 Å². The predicted molar refractivity (Wildman–Crippen MR) is 64.0 cm³/mol. The number of rotatable bonds is 5. The Kier molecular flexibility index (Phi) is 4.04. The molecule has 4 heteroatoms. The maximum absolute atomic E-state index is 6.04. The fourth-order valence-electron chi connectivity index (χ4n) is 1.82. The Balaban J connectivity index is 2.03. The highest BCUT2D eigenvalue weighted by molar-refractivity contribution is 6.30. The molecular weight excluding hydrogens is 226 g/mol. The van der Waals surface area contributed by atoms with Crippen LogP contribution in [-0.4, -0.2) is 19.8 Å². The number of halogens is 1. The Bertz CT molecular complexity index is 368. The van der Waals surface area contributed by atoms with Gasteiger partial charge in [0, 0.05) is 23.6 Å². The van der Waals surface area contributed by atoms with E-state index in [9.17, 15) is 0 Å². The SMILES string of the molecule is NCCCOCc1cc(Cl)cc2c1OCC2. The quantitative estimate of drug-likeness (QED) is 0.804. The molecule has 3 nitrogen and oxygen atoms in total. The molecule has 0 amide bonds. The van der Waals surface area contributed by atoms with Gasteiger partial charge < -0.3 is 15.2 Å². The van der Waals surface area contributed by atoms with Crippen LogP contribution in [0.4, 0.5) is 0 Å². The Morgan fingerprint density at radius 3 is 3.12 bits per heavy atom. The third kappa shape index (κ3) is 2.67. The maximum Gasteiger partial charge on any atom is 0.128 e. The molecule has 2 N–H and O–H groups in total. The Morgan fingerprint density at radius 2 is 2.31 bits per heavy atom. The molecule has 1 aromatic rings. The largest absolute Gasteiger partial charge is 0.493 e. The Labute approximate surface area is 100 Å². The molecule has 0 bridgehead atoms. The molecule has 88 valence electrons. The van der Waals surface area contributed by atoms with Gasteiger partial charge in [-0.05, 0) is 30.7 Å². The molecule has 0 fully saturated rings. The molecule has 1 aromatic carbocycles. The fraction of sp³-hybridized carbons (Fsp3) is 0.500. The van der Waals surface area contributed by atoms with Crippen molar-refractivity contribution in [3.05, 3.63) is 28.3 Å². The van der Waals surface area contributed by atoms with Crippen LogP contribution in [0, 0.1) is 0 Å². The first-order valence-corrected chi connectivity index (χ1v) is 5.91. The minimum Gasteiger partial charge on any atom is -0.493 e. The van der Waals surface area contributed by atoms with Crippen molar-refractivity contribution in [3.8, 4) is 5.75 Å². The van der Waals surface area contributed by atoms with Gasteiger partial charge in [0.05, 0.1) is 13.2 Å². The molecule has 1 heterocycles. The number of benzene rings is 1. The lowest BCUT2D eigenvalue weighted by molar-refractivity contribution is 0.118. The van der Waals surface area contributed by atoms with E-state index in [1.54, 1.807) is 0 Å². The van der Waals surface area contributed by atoms with Crippen LogP contribution in [-0.2, 0) is 17.8 Å². The van der Waals surface area contributed by atoms with Gasteiger partial charge in [-0.1, -0.05) is 11.6 Å². The third-order valence-electron chi connectivity index (χ3n) is 2.58. The molecule has 16 heavy (non-hydrogen) atoms. The van der Waals surface area contributed by atoms with E-state index in [0.29, 0.717) is 19.8 Å². The van der Waals surface area contributed by atoms with Gasteiger partial charge in [-0.3, -0.25) is 0 Å². The lowest BCUT2D eigenvalue weighted by Crippen LogP contribution is -2.04. The molecular formula is C12H16ClNO2. The second-order valence-corrected chi connectivity index (χ2v) is 4.28. The lowest BCUT2D eigenvalue weighted by atomic mass is 10.1. The normalized spacial score (nSPS) is 13.6. The van der Waals surface area contributed by atoms with E-state index in [0.717, 1.165) is 35.8 Å². The average molecular weight is 242 g/mol. The monoisotopic (exact) mass is 241 g/mol. The highest BCUT2D eigenvalue weighted by atomic mass is 35.5. The van der Waals surface area contributed by atoms with Crippen molar-refractivity contribution < 1.29 is 9.47 Å². The second kappa shape index (κ2) is 5.53. The molecule has 1 aliphatic heterocycles. The molecule has 1 aliphatic rings. The van der Waals surface area contributed by atoms with E-state index in [-0.39, 0.29) is 0 Å². The minimum atomic E-state index is 0.545. The van der Waals surface area contributed by atoms with Crippen LogP contribution >= 0.6 is 11.6 Å². The van der Waals surface area contributed by atoms with Gasteiger partial charge in [0.2, 0.25) is 0 Å². The summed E-state index contributed by atoms with van der Waals surface area (Å²) in [7, 11) is 0. The summed E-state index contributed by atoms with van der Waals surface area (Å²) in [6, 6.07) is 3.88. The summed E-state index contributed by atoms with van der Waals surface area (Å²) < 4.78 is 11.1. The van der Waals surface area contributed by atoms with Crippen LogP contribution in [0.1, 0.15) is 17.5 Å².